The smallest absolute Gasteiger partial charge is 0.246 e. The molecule has 9 nitrogen and oxygen atoms in total. The van der Waals surface area contributed by atoms with Gasteiger partial charge in [0.15, 0.2) is 0 Å². The number of rotatable bonds is 5. The Labute approximate surface area is 179 Å². The number of hydrogen-bond donors (Lipinski definition) is 0. The molecule has 0 N–H and O–H groups in total. The van der Waals surface area contributed by atoms with Crippen molar-refractivity contribution in [2.45, 2.75) is 18.4 Å². The van der Waals surface area contributed by atoms with Gasteiger partial charge in [-0.1, -0.05) is 36.4 Å². The summed E-state index contributed by atoms with van der Waals surface area (Å²) < 4.78 is 40.5. The molecule has 162 valence electrons. The van der Waals surface area contributed by atoms with Gasteiger partial charge in [0, 0.05) is 31.7 Å². The topological polar surface area (TPSA) is 101 Å². The molecule has 0 aliphatic carbocycles. The highest BCUT2D eigenvalue weighted by Gasteiger charge is 2.32. The zero-order valence-electron chi connectivity index (χ0n) is 16.8. The summed E-state index contributed by atoms with van der Waals surface area (Å²) in [6, 6.07) is 12.9. The second-order valence-corrected chi connectivity index (χ2v) is 9.08. The third-order valence-electron chi connectivity index (χ3n) is 5.16. The van der Waals surface area contributed by atoms with Crippen molar-refractivity contribution in [3.8, 4) is 11.4 Å². The molecular weight excluding hydrogens is 423 g/mol. The predicted octanol–water partition coefficient (Wildman–Crippen LogP) is 1.32. The second-order valence-electron chi connectivity index (χ2n) is 7.17. The normalized spacial score (nSPS) is 15.2. The van der Waals surface area contributed by atoms with E-state index in [2.05, 4.69) is 15.4 Å². The number of sulfonamides is 1. The first-order valence-electron chi connectivity index (χ1n) is 9.72. The Hall–Kier alpha value is -3.18. The van der Waals surface area contributed by atoms with E-state index < -0.39 is 15.8 Å². The Morgan fingerprint density at radius 2 is 1.71 bits per heavy atom. The maximum absolute atomic E-state index is 13.9. The largest absolute Gasteiger partial charge is 0.338 e. The molecule has 2 heterocycles. The minimum absolute atomic E-state index is 0.0850. The van der Waals surface area contributed by atoms with Gasteiger partial charge in [-0.05, 0) is 29.8 Å². The summed E-state index contributed by atoms with van der Waals surface area (Å²) in [6.07, 6.45) is 0. The summed E-state index contributed by atoms with van der Waals surface area (Å²) in [5.41, 5.74) is 1.84. The summed E-state index contributed by atoms with van der Waals surface area (Å²) in [7, 11) is -3.95. The lowest BCUT2D eigenvalue weighted by Crippen LogP contribution is -2.51. The average molecular weight is 444 g/mol. The molecule has 0 atom stereocenters. The first-order chi connectivity index (χ1) is 14.9. The van der Waals surface area contributed by atoms with E-state index in [9.17, 15) is 17.6 Å². The highest BCUT2D eigenvalue weighted by atomic mass is 32.2. The molecule has 0 radical (unpaired) electrons. The maximum atomic E-state index is 13.9. The number of aromatic nitrogens is 4. The molecule has 1 aliphatic rings. The van der Waals surface area contributed by atoms with Crippen LogP contribution in [0.4, 0.5) is 4.39 Å². The molecule has 0 saturated carbocycles. The fraction of sp³-hybridized carbons (Fsp3) is 0.300. The Kier molecular flexibility index (Phi) is 5.79. The van der Waals surface area contributed by atoms with Crippen LogP contribution in [0.1, 0.15) is 5.56 Å². The molecule has 0 unspecified atom stereocenters. The lowest BCUT2D eigenvalue weighted by Gasteiger charge is -2.33. The molecule has 0 spiro atoms. The van der Waals surface area contributed by atoms with E-state index in [1.54, 1.807) is 4.90 Å². The fourth-order valence-corrected chi connectivity index (χ4v) is 4.92. The number of carbonyl (C=O) groups excluding carboxylic acids is 1. The first-order valence-corrected chi connectivity index (χ1v) is 11.2. The van der Waals surface area contributed by atoms with Crippen LogP contribution < -0.4 is 0 Å². The Bertz CT molecular complexity index is 1200. The van der Waals surface area contributed by atoms with Gasteiger partial charge in [-0.2, -0.15) is 9.10 Å². The standard InChI is InChI=1S/C20H21FN6O3S/c1-15-6-2-3-7-16(15)20-22-24-27(23-20)14-19(28)25-10-12-26(13-11-25)31(29,30)18-9-5-4-8-17(18)21/h2-9H,10-14H2,1H3. The molecule has 11 heteroatoms. The molecule has 1 aromatic heterocycles. The van der Waals surface area contributed by atoms with E-state index >= 15 is 0 Å². The monoisotopic (exact) mass is 444 g/mol. The summed E-state index contributed by atoms with van der Waals surface area (Å²) >= 11 is 0. The molecule has 1 fully saturated rings. The molecule has 1 aliphatic heterocycles. The highest BCUT2D eigenvalue weighted by Crippen LogP contribution is 2.21. The van der Waals surface area contributed by atoms with E-state index in [4.69, 9.17) is 0 Å². The van der Waals surface area contributed by atoms with Gasteiger partial charge in [0.2, 0.25) is 21.8 Å². The second kappa shape index (κ2) is 8.52. The first kappa shape index (κ1) is 21.1. The van der Waals surface area contributed by atoms with Crippen LogP contribution in [0, 0.1) is 12.7 Å². The van der Waals surface area contributed by atoms with Gasteiger partial charge in [0.25, 0.3) is 0 Å². The number of tetrazole rings is 1. The van der Waals surface area contributed by atoms with Crippen molar-refractivity contribution in [1.29, 1.82) is 0 Å². The maximum Gasteiger partial charge on any atom is 0.246 e. The average Bonchev–Trinajstić information content (AvgIpc) is 3.22. The number of amides is 1. The number of piperazine rings is 1. The number of carbonyl (C=O) groups is 1. The number of nitrogens with zero attached hydrogens (tertiary/aromatic N) is 6. The van der Waals surface area contributed by atoms with Crippen molar-refractivity contribution in [3.63, 3.8) is 0 Å². The van der Waals surface area contributed by atoms with Gasteiger partial charge in [0.1, 0.15) is 17.3 Å². The van der Waals surface area contributed by atoms with Crippen LogP contribution in [0.25, 0.3) is 11.4 Å². The predicted molar refractivity (Wildman–Crippen MR) is 110 cm³/mol. The van der Waals surface area contributed by atoms with Crippen molar-refractivity contribution >= 4 is 15.9 Å². The zero-order valence-corrected chi connectivity index (χ0v) is 17.7. The van der Waals surface area contributed by atoms with Gasteiger partial charge in [-0.25, -0.2) is 12.8 Å². The van der Waals surface area contributed by atoms with Crippen molar-refractivity contribution < 1.29 is 17.6 Å². The van der Waals surface area contributed by atoms with Crippen LogP contribution in [0.5, 0.6) is 0 Å². The SMILES string of the molecule is Cc1ccccc1-c1nnn(CC(=O)N2CCN(S(=O)(=O)c3ccccc3F)CC2)n1. The number of aryl methyl sites for hydroxylation is 1. The summed E-state index contributed by atoms with van der Waals surface area (Å²) in [6.45, 7) is 2.41. The van der Waals surface area contributed by atoms with Gasteiger partial charge >= 0.3 is 0 Å². The van der Waals surface area contributed by atoms with E-state index in [0.29, 0.717) is 5.82 Å². The summed E-state index contributed by atoms with van der Waals surface area (Å²) in [5.74, 6) is -0.592. The van der Waals surface area contributed by atoms with Crippen LogP contribution >= 0.6 is 0 Å². The van der Waals surface area contributed by atoms with E-state index in [0.717, 1.165) is 17.2 Å². The van der Waals surface area contributed by atoms with Crippen molar-refractivity contribution in [2.75, 3.05) is 26.2 Å². The van der Waals surface area contributed by atoms with Crippen molar-refractivity contribution in [2.24, 2.45) is 0 Å². The minimum Gasteiger partial charge on any atom is -0.338 e. The summed E-state index contributed by atoms with van der Waals surface area (Å²) in [4.78, 5) is 15.0. The molecule has 4 rings (SSSR count). The third-order valence-corrected chi connectivity index (χ3v) is 7.09. The number of hydrogen-bond acceptors (Lipinski definition) is 6. The van der Waals surface area contributed by atoms with Crippen LogP contribution in [-0.2, 0) is 21.4 Å². The molecule has 31 heavy (non-hydrogen) atoms. The van der Waals surface area contributed by atoms with Crippen LogP contribution in [-0.4, -0.2) is 69.9 Å². The fourth-order valence-electron chi connectivity index (χ4n) is 3.43. The summed E-state index contributed by atoms with van der Waals surface area (Å²) in [5, 5.41) is 12.3. The molecule has 1 saturated heterocycles. The molecule has 3 aromatic rings. The Balaban J connectivity index is 1.38. The van der Waals surface area contributed by atoms with Gasteiger partial charge < -0.3 is 4.90 Å². The molecule has 0 bridgehead atoms. The molecule has 2 aromatic carbocycles. The highest BCUT2D eigenvalue weighted by molar-refractivity contribution is 7.89. The van der Waals surface area contributed by atoms with E-state index in [-0.39, 0.29) is 43.5 Å². The van der Waals surface area contributed by atoms with Crippen molar-refractivity contribution in [1.82, 2.24) is 29.4 Å². The lowest BCUT2D eigenvalue weighted by atomic mass is 10.1. The van der Waals surface area contributed by atoms with Crippen molar-refractivity contribution in [3.05, 3.63) is 59.9 Å². The lowest BCUT2D eigenvalue weighted by molar-refractivity contribution is -0.133. The minimum atomic E-state index is -3.95. The van der Waals surface area contributed by atoms with Gasteiger partial charge in [-0.3, -0.25) is 4.79 Å². The molecular formula is C20H21FN6O3S. The number of benzene rings is 2. The van der Waals surface area contributed by atoms with Gasteiger partial charge in [0.05, 0.1) is 0 Å². The zero-order chi connectivity index (χ0) is 22.0. The van der Waals surface area contributed by atoms with Crippen LogP contribution in [0.2, 0.25) is 0 Å². The van der Waals surface area contributed by atoms with Crippen LogP contribution in [0.3, 0.4) is 0 Å². The van der Waals surface area contributed by atoms with Gasteiger partial charge in [-0.15, -0.1) is 10.2 Å². The quantitative estimate of drug-likeness (QED) is 0.588. The van der Waals surface area contributed by atoms with E-state index in [1.807, 2.05) is 31.2 Å². The van der Waals surface area contributed by atoms with Crippen LogP contribution in [0.15, 0.2) is 53.4 Å². The molecule has 1 amide bonds. The van der Waals surface area contributed by atoms with E-state index in [1.165, 1.54) is 27.3 Å². The number of halogens is 1. The Morgan fingerprint density at radius 1 is 1.03 bits per heavy atom. The third kappa shape index (κ3) is 4.32. The Morgan fingerprint density at radius 3 is 2.42 bits per heavy atom.